The van der Waals surface area contributed by atoms with Crippen molar-refractivity contribution < 1.29 is 55.7 Å². The monoisotopic (exact) mass is 284 g/mol. The zero-order valence-corrected chi connectivity index (χ0v) is 11.5. The molecule has 1 aromatic carbocycles. The van der Waals surface area contributed by atoms with E-state index in [1.165, 1.54) is 0 Å². The Bertz CT molecular complexity index is 244. The molecular weight excluding hydrogens is 275 g/mol. The molecule has 0 bridgehead atoms. The van der Waals surface area contributed by atoms with Gasteiger partial charge in [-0.2, -0.15) is 30.3 Å². The van der Waals surface area contributed by atoms with Crippen molar-refractivity contribution >= 4 is 5.71 Å². The van der Waals surface area contributed by atoms with Crippen molar-refractivity contribution in [2.45, 2.75) is 6.92 Å². The molecule has 0 saturated heterocycles. The predicted molar refractivity (Wildman–Crippen MR) is 44.0 cm³/mol. The number of nitrogens with zero attached hydrogens (tertiary/aromatic N) is 1. The fourth-order valence-electron chi connectivity index (χ4n) is 0.746. The zero-order valence-electron chi connectivity index (χ0n) is 7.31. The molecule has 0 aliphatic carbocycles. The standard InChI is InChI=1S/C9H9N.3V/c1-7-3-5-9(6-4-7)8(2)10;;;/h3-6H,1H2,2H3;;;/q-2;;;. The molecule has 0 fully saturated rings. The van der Waals surface area contributed by atoms with Gasteiger partial charge in [-0.05, 0) is 0 Å². The van der Waals surface area contributed by atoms with Crippen LogP contribution in [0.4, 0.5) is 0 Å². The van der Waals surface area contributed by atoms with Gasteiger partial charge in [0.1, 0.15) is 0 Å². The van der Waals surface area contributed by atoms with Crippen LogP contribution in [0.15, 0.2) is 24.3 Å². The summed E-state index contributed by atoms with van der Waals surface area (Å²) >= 11 is 0. The molecule has 4 heteroatoms. The average Bonchev–Trinajstić information content (AvgIpc) is 1.88. The van der Waals surface area contributed by atoms with Crippen LogP contribution in [0.2, 0.25) is 0 Å². The Morgan fingerprint density at radius 2 is 1.46 bits per heavy atom. The molecule has 0 aliphatic heterocycles. The van der Waals surface area contributed by atoms with Crippen LogP contribution in [0.3, 0.4) is 0 Å². The molecule has 0 atom stereocenters. The Balaban J connectivity index is -0.000000333. The van der Waals surface area contributed by atoms with E-state index in [4.69, 9.17) is 5.41 Å². The van der Waals surface area contributed by atoms with Gasteiger partial charge in [0.15, 0.2) is 0 Å². The first-order chi connectivity index (χ1) is 4.70. The third-order valence-electron chi connectivity index (χ3n) is 1.37. The molecule has 3 radical (unpaired) electrons. The fraction of sp³-hybridized carbons (Fsp3) is 0.111. The average molecular weight is 284 g/mol. The van der Waals surface area contributed by atoms with Crippen molar-refractivity contribution in [3.63, 3.8) is 0 Å². The van der Waals surface area contributed by atoms with Crippen LogP contribution in [0, 0.1) is 6.92 Å². The predicted octanol–water partition coefficient (Wildman–Crippen LogP) is 2.24. The first kappa shape index (κ1) is 19.1. The summed E-state index contributed by atoms with van der Waals surface area (Å²) in [5, 5.41) is 9.01. The summed E-state index contributed by atoms with van der Waals surface area (Å²) in [7, 11) is 0. The van der Waals surface area contributed by atoms with Crippen molar-refractivity contribution in [1.82, 2.24) is 0 Å². The molecule has 0 aliphatic rings. The molecule has 0 aromatic heterocycles. The maximum absolute atomic E-state index is 9.01. The molecule has 1 rings (SSSR count). The third kappa shape index (κ3) is 6.57. The maximum Gasteiger partial charge on any atom is 0 e. The Morgan fingerprint density at radius 3 is 1.77 bits per heavy atom. The molecule has 67 valence electrons. The number of hydrogen-bond acceptors (Lipinski definition) is 0. The van der Waals surface area contributed by atoms with Crippen LogP contribution >= 0.6 is 0 Å². The second-order valence-electron chi connectivity index (χ2n) is 2.28. The quantitative estimate of drug-likeness (QED) is 0.557. The van der Waals surface area contributed by atoms with Gasteiger partial charge in [0.25, 0.3) is 0 Å². The van der Waals surface area contributed by atoms with Gasteiger partial charge in [-0.25, -0.2) is 0 Å². The van der Waals surface area contributed by atoms with Gasteiger partial charge in [-0.1, -0.05) is 12.5 Å². The topological polar surface area (TPSA) is 22.3 Å². The van der Waals surface area contributed by atoms with Gasteiger partial charge >= 0.3 is 0 Å². The second-order valence-corrected chi connectivity index (χ2v) is 2.28. The van der Waals surface area contributed by atoms with E-state index in [1.807, 2.05) is 24.3 Å². The number of hydrogen-bond donors (Lipinski definition) is 0. The molecule has 0 saturated carbocycles. The van der Waals surface area contributed by atoms with Crippen molar-refractivity contribution in [3.05, 3.63) is 47.7 Å². The SMILES string of the molecule is [CH2-]c1ccc(C(C)=[N-])cc1.[V].[V].[V]. The van der Waals surface area contributed by atoms with Crippen LogP contribution in [0.5, 0.6) is 0 Å². The van der Waals surface area contributed by atoms with Crippen LogP contribution in [0.25, 0.3) is 5.41 Å². The first-order valence-corrected chi connectivity index (χ1v) is 3.15. The van der Waals surface area contributed by atoms with Crippen molar-refractivity contribution in [2.75, 3.05) is 0 Å². The second kappa shape index (κ2) is 9.08. The summed E-state index contributed by atoms with van der Waals surface area (Å²) in [6, 6.07) is 7.43. The van der Waals surface area contributed by atoms with Gasteiger partial charge in [-0.3, -0.25) is 0 Å². The molecule has 0 amide bonds. The Labute approximate surface area is 115 Å². The molecule has 1 aromatic rings. The van der Waals surface area contributed by atoms with E-state index in [0.29, 0.717) is 5.71 Å². The van der Waals surface area contributed by atoms with E-state index in [1.54, 1.807) is 6.92 Å². The van der Waals surface area contributed by atoms with Crippen LogP contribution in [0.1, 0.15) is 18.1 Å². The van der Waals surface area contributed by atoms with Gasteiger partial charge in [0.2, 0.25) is 0 Å². The van der Waals surface area contributed by atoms with E-state index in [0.717, 1.165) is 11.1 Å². The molecule has 0 heterocycles. The minimum Gasteiger partial charge on any atom is -0.807 e. The van der Waals surface area contributed by atoms with Crippen molar-refractivity contribution in [1.29, 1.82) is 0 Å². The Morgan fingerprint density at radius 1 is 1.08 bits per heavy atom. The Kier molecular flexibility index (Phi) is 13.4. The molecule has 1 nitrogen and oxygen atoms in total. The number of benzene rings is 1. The summed E-state index contributed by atoms with van der Waals surface area (Å²) in [6.07, 6.45) is 0. The minimum absolute atomic E-state index is 0. The maximum atomic E-state index is 9.01. The van der Waals surface area contributed by atoms with Crippen molar-refractivity contribution in [2.24, 2.45) is 0 Å². The van der Waals surface area contributed by atoms with Crippen LogP contribution in [-0.4, -0.2) is 5.71 Å². The van der Waals surface area contributed by atoms with Crippen LogP contribution in [-0.2, 0) is 55.7 Å². The Hall–Kier alpha value is 0.513. The number of rotatable bonds is 1. The fourth-order valence-corrected chi connectivity index (χ4v) is 0.746. The zero-order chi connectivity index (χ0) is 7.56. The van der Waals surface area contributed by atoms with E-state index in [2.05, 4.69) is 6.92 Å². The molecular formula is C9H9NV3-2. The van der Waals surface area contributed by atoms with Crippen molar-refractivity contribution in [3.8, 4) is 0 Å². The third-order valence-corrected chi connectivity index (χ3v) is 1.37. The summed E-state index contributed by atoms with van der Waals surface area (Å²) < 4.78 is 0. The van der Waals surface area contributed by atoms with Gasteiger partial charge < -0.3 is 5.41 Å². The van der Waals surface area contributed by atoms with Gasteiger partial charge in [0, 0.05) is 55.7 Å². The van der Waals surface area contributed by atoms with Gasteiger partial charge in [-0.15, -0.1) is 12.1 Å². The van der Waals surface area contributed by atoms with E-state index in [-0.39, 0.29) is 55.7 Å². The van der Waals surface area contributed by atoms with E-state index >= 15 is 0 Å². The summed E-state index contributed by atoms with van der Waals surface area (Å²) in [6.45, 7) is 5.39. The molecule has 0 N–H and O–H groups in total. The summed E-state index contributed by atoms with van der Waals surface area (Å²) in [5.41, 5.74) is 2.16. The smallest absolute Gasteiger partial charge is 0 e. The molecule has 0 spiro atoms. The largest absolute Gasteiger partial charge is 0.807 e. The van der Waals surface area contributed by atoms with Gasteiger partial charge in [0.05, 0.1) is 0 Å². The molecule has 13 heavy (non-hydrogen) atoms. The normalized spacial score (nSPS) is 7.15. The molecule has 0 unspecified atom stereocenters. The summed E-state index contributed by atoms with van der Waals surface area (Å²) in [5.74, 6) is 0. The van der Waals surface area contributed by atoms with Crippen LogP contribution < -0.4 is 0 Å². The summed E-state index contributed by atoms with van der Waals surface area (Å²) in [4.78, 5) is 0. The minimum atomic E-state index is 0. The first-order valence-electron chi connectivity index (χ1n) is 3.15. The van der Waals surface area contributed by atoms with E-state index < -0.39 is 0 Å². The van der Waals surface area contributed by atoms with E-state index in [9.17, 15) is 0 Å².